The van der Waals surface area contributed by atoms with Gasteiger partial charge < -0.3 is 15.2 Å². The number of rotatable bonds is 6. The lowest BCUT2D eigenvalue weighted by Crippen LogP contribution is -2.48. The molecule has 4 heteroatoms. The van der Waals surface area contributed by atoms with Crippen LogP contribution >= 0.6 is 0 Å². The third-order valence-electron chi connectivity index (χ3n) is 3.85. The third-order valence-corrected chi connectivity index (χ3v) is 3.85. The Bertz CT molecular complexity index is 429. The summed E-state index contributed by atoms with van der Waals surface area (Å²) < 4.78 is 11.7. The van der Waals surface area contributed by atoms with Crippen LogP contribution < -0.4 is 10.5 Å². The van der Waals surface area contributed by atoms with Gasteiger partial charge in [0.25, 0.3) is 0 Å². The molecule has 1 aliphatic heterocycles. The maximum Gasteiger partial charge on any atom is 0.124 e. The number of nitrogens with zero attached hydrogens (tertiary/aromatic N) is 1. The van der Waals surface area contributed by atoms with Gasteiger partial charge in [-0.15, -0.1) is 0 Å². The van der Waals surface area contributed by atoms with Crippen LogP contribution in [0.1, 0.15) is 38.8 Å². The standard InChI is InChI=1S/C17H28N2O2/c1-4-9-20-17-8-6-5-7-15(17)16(10-18)19-11-13(2)21-14(3)12-19/h5-8,13-14,16H,4,9-12,18H2,1-3H3. The van der Waals surface area contributed by atoms with Gasteiger partial charge in [-0.05, 0) is 26.3 Å². The summed E-state index contributed by atoms with van der Waals surface area (Å²) in [7, 11) is 0. The van der Waals surface area contributed by atoms with Gasteiger partial charge in [0.1, 0.15) is 5.75 Å². The zero-order valence-corrected chi connectivity index (χ0v) is 13.4. The van der Waals surface area contributed by atoms with Crippen LogP contribution in [0, 0.1) is 0 Å². The van der Waals surface area contributed by atoms with E-state index >= 15 is 0 Å². The summed E-state index contributed by atoms with van der Waals surface area (Å²) in [6.45, 7) is 9.51. The zero-order valence-electron chi connectivity index (χ0n) is 13.4. The van der Waals surface area contributed by atoms with E-state index in [1.807, 2.05) is 12.1 Å². The fourth-order valence-electron chi connectivity index (χ4n) is 3.04. The van der Waals surface area contributed by atoms with Crippen LogP contribution in [0.25, 0.3) is 0 Å². The summed E-state index contributed by atoms with van der Waals surface area (Å²) in [5.74, 6) is 0.960. The predicted octanol–water partition coefficient (Wildman–Crippen LogP) is 2.58. The minimum atomic E-state index is 0.187. The van der Waals surface area contributed by atoms with E-state index in [0.717, 1.165) is 31.9 Å². The minimum absolute atomic E-state index is 0.187. The molecule has 0 aliphatic carbocycles. The van der Waals surface area contributed by atoms with E-state index in [4.69, 9.17) is 15.2 Å². The molecule has 2 rings (SSSR count). The van der Waals surface area contributed by atoms with Crippen molar-refractivity contribution in [2.45, 2.75) is 45.4 Å². The molecule has 3 unspecified atom stereocenters. The molecular weight excluding hydrogens is 264 g/mol. The largest absolute Gasteiger partial charge is 0.493 e. The lowest BCUT2D eigenvalue weighted by molar-refractivity contribution is -0.0801. The van der Waals surface area contributed by atoms with Gasteiger partial charge in [0, 0.05) is 25.2 Å². The summed E-state index contributed by atoms with van der Waals surface area (Å²) in [6, 6.07) is 8.44. The van der Waals surface area contributed by atoms with E-state index in [9.17, 15) is 0 Å². The smallest absolute Gasteiger partial charge is 0.124 e. The zero-order chi connectivity index (χ0) is 15.2. The van der Waals surface area contributed by atoms with E-state index in [-0.39, 0.29) is 18.2 Å². The fraction of sp³-hybridized carbons (Fsp3) is 0.647. The van der Waals surface area contributed by atoms with Crippen molar-refractivity contribution >= 4 is 0 Å². The molecular formula is C17H28N2O2. The van der Waals surface area contributed by atoms with Crippen LogP contribution in [0.15, 0.2) is 24.3 Å². The van der Waals surface area contributed by atoms with Gasteiger partial charge in [-0.1, -0.05) is 25.1 Å². The van der Waals surface area contributed by atoms with Crippen molar-refractivity contribution in [3.8, 4) is 5.75 Å². The fourth-order valence-corrected chi connectivity index (χ4v) is 3.04. The SMILES string of the molecule is CCCOc1ccccc1C(CN)N1CC(C)OC(C)C1. The van der Waals surface area contributed by atoms with E-state index in [2.05, 4.69) is 37.8 Å². The number of nitrogens with two attached hydrogens (primary N) is 1. The Morgan fingerprint density at radius 2 is 1.95 bits per heavy atom. The monoisotopic (exact) mass is 292 g/mol. The molecule has 0 spiro atoms. The first-order valence-electron chi connectivity index (χ1n) is 7.97. The topological polar surface area (TPSA) is 47.7 Å². The van der Waals surface area contributed by atoms with Crippen molar-refractivity contribution in [1.82, 2.24) is 4.90 Å². The second-order valence-corrected chi connectivity index (χ2v) is 5.85. The summed E-state index contributed by atoms with van der Waals surface area (Å²) in [5.41, 5.74) is 7.28. The summed E-state index contributed by atoms with van der Waals surface area (Å²) in [4.78, 5) is 2.42. The molecule has 0 radical (unpaired) electrons. The highest BCUT2D eigenvalue weighted by atomic mass is 16.5. The average molecular weight is 292 g/mol. The second-order valence-electron chi connectivity index (χ2n) is 5.85. The van der Waals surface area contributed by atoms with Gasteiger partial charge in [-0.2, -0.15) is 0 Å². The van der Waals surface area contributed by atoms with Gasteiger partial charge in [0.2, 0.25) is 0 Å². The Morgan fingerprint density at radius 3 is 2.57 bits per heavy atom. The number of hydrogen-bond donors (Lipinski definition) is 1. The van der Waals surface area contributed by atoms with Crippen molar-refractivity contribution in [2.75, 3.05) is 26.2 Å². The number of hydrogen-bond acceptors (Lipinski definition) is 4. The highest BCUT2D eigenvalue weighted by Gasteiger charge is 2.29. The lowest BCUT2D eigenvalue weighted by Gasteiger charge is -2.40. The first-order valence-corrected chi connectivity index (χ1v) is 7.97. The molecule has 1 aromatic carbocycles. The molecule has 0 saturated carbocycles. The van der Waals surface area contributed by atoms with E-state index in [1.54, 1.807) is 0 Å². The quantitative estimate of drug-likeness (QED) is 0.875. The van der Waals surface area contributed by atoms with Crippen LogP contribution in [0.4, 0.5) is 0 Å². The highest BCUT2D eigenvalue weighted by Crippen LogP contribution is 2.31. The van der Waals surface area contributed by atoms with Gasteiger partial charge in [-0.25, -0.2) is 0 Å². The molecule has 118 valence electrons. The predicted molar refractivity (Wildman–Crippen MR) is 85.6 cm³/mol. The number of para-hydroxylation sites is 1. The van der Waals surface area contributed by atoms with Gasteiger partial charge in [0.05, 0.1) is 24.9 Å². The molecule has 1 aromatic rings. The molecule has 4 nitrogen and oxygen atoms in total. The van der Waals surface area contributed by atoms with Crippen molar-refractivity contribution in [2.24, 2.45) is 5.73 Å². The average Bonchev–Trinajstić information content (AvgIpc) is 2.46. The number of ether oxygens (including phenoxy) is 2. The Morgan fingerprint density at radius 1 is 1.29 bits per heavy atom. The Kier molecular flexibility index (Phi) is 6.03. The van der Waals surface area contributed by atoms with Crippen LogP contribution in [0.3, 0.4) is 0 Å². The van der Waals surface area contributed by atoms with Crippen LogP contribution in [-0.4, -0.2) is 43.3 Å². The van der Waals surface area contributed by atoms with Crippen molar-refractivity contribution in [3.63, 3.8) is 0 Å². The van der Waals surface area contributed by atoms with Crippen molar-refractivity contribution in [3.05, 3.63) is 29.8 Å². The summed E-state index contributed by atoms with van der Waals surface area (Å²) in [6.07, 6.45) is 1.49. The number of morpholine rings is 1. The van der Waals surface area contributed by atoms with E-state index < -0.39 is 0 Å². The molecule has 1 aliphatic rings. The second kappa shape index (κ2) is 7.78. The van der Waals surface area contributed by atoms with Crippen LogP contribution in [0.2, 0.25) is 0 Å². The molecule has 3 atom stereocenters. The van der Waals surface area contributed by atoms with Gasteiger partial charge >= 0.3 is 0 Å². The Labute approximate surface area is 128 Å². The maximum absolute atomic E-state index is 6.09. The Hall–Kier alpha value is -1.10. The number of benzene rings is 1. The van der Waals surface area contributed by atoms with Crippen LogP contribution in [-0.2, 0) is 4.74 Å². The first kappa shape index (κ1) is 16.3. The first-order chi connectivity index (χ1) is 10.2. The molecule has 1 saturated heterocycles. The molecule has 0 amide bonds. The van der Waals surface area contributed by atoms with Crippen molar-refractivity contribution in [1.29, 1.82) is 0 Å². The molecule has 0 aromatic heterocycles. The lowest BCUT2D eigenvalue weighted by atomic mass is 10.0. The molecule has 2 N–H and O–H groups in total. The van der Waals surface area contributed by atoms with Crippen molar-refractivity contribution < 1.29 is 9.47 Å². The van der Waals surface area contributed by atoms with Gasteiger partial charge in [-0.3, -0.25) is 4.90 Å². The minimum Gasteiger partial charge on any atom is -0.493 e. The van der Waals surface area contributed by atoms with Crippen LogP contribution in [0.5, 0.6) is 5.75 Å². The van der Waals surface area contributed by atoms with E-state index in [1.165, 1.54) is 5.56 Å². The summed E-state index contributed by atoms with van der Waals surface area (Å²) >= 11 is 0. The highest BCUT2D eigenvalue weighted by molar-refractivity contribution is 5.36. The molecule has 1 heterocycles. The maximum atomic E-state index is 6.09. The van der Waals surface area contributed by atoms with E-state index in [0.29, 0.717) is 6.54 Å². The van der Waals surface area contributed by atoms with Gasteiger partial charge in [0.15, 0.2) is 0 Å². The third kappa shape index (κ3) is 4.19. The summed E-state index contributed by atoms with van der Waals surface area (Å²) in [5, 5.41) is 0. The molecule has 0 bridgehead atoms. The molecule has 21 heavy (non-hydrogen) atoms. The normalized spacial score (nSPS) is 24.8. The Balaban J connectivity index is 2.20. The molecule has 1 fully saturated rings.